The van der Waals surface area contributed by atoms with E-state index in [2.05, 4.69) is 5.32 Å². The van der Waals surface area contributed by atoms with Crippen LogP contribution in [0, 0.1) is 0 Å². The number of hydrogen-bond donors (Lipinski definition) is 1. The highest BCUT2D eigenvalue weighted by molar-refractivity contribution is 7.99. The van der Waals surface area contributed by atoms with Crippen molar-refractivity contribution in [3.63, 3.8) is 0 Å². The van der Waals surface area contributed by atoms with Gasteiger partial charge in [0.2, 0.25) is 0 Å². The van der Waals surface area contributed by atoms with Crippen LogP contribution in [0.3, 0.4) is 0 Å². The second-order valence-corrected chi connectivity index (χ2v) is 6.44. The van der Waals surface area contributed by atoms with Crippen LogP contribution in [-0.4, -0.2) is 20.1 Å². The second kappa shape index (κ2) is 6.45. The number of hydrogen-bond acceptors (Lipinski definition) is 3. The molecule has 0 saturated carbocycles. The van der Waals surface area contributed by atoms with E-state index >= 15 is 0 Å². The van der Waals surface area contributed by atoms with Gasteiger partial charge in [-0.3, -0.25) is 0 Å². The maximum absolute atomic E-state index is 13.1. The minimum Gasteiger partial charge on any atom is -0.340 e. The Hall–Kier alpha value is -1.66. The first-order valence-corrected chi connectivity index (χ1v) is 8.22. The van der Waals surface area contributed by atoms with Gasteiger partial charge in [0.25, 0.3) is 0 Å². The summed E-state index contributed by atoms with van der Waals surface area (Å²) in [7, 11) is 1.87. The molecule has 1 heterocycles. The van der Waals surface area contributed by atoms with E-state index in [1.165, 1.54) is 17.8 Å². The zero-order chi connectivity index (χ0) is 16.4. The zero-order valence-electron chi connectivity index (χ0n) is 12.7. The van der Waals surface area contributed by atoms with Gasteiger partial charge in [0.15, 0.2) is 0 Å². The molecule has 0 fully saturated rings. The Morgan fingerprint density at radius 3 is 2.52 bits per heavy atom. The largest absolute Gasteiger partial charge is 0.416 e. The molecule has 1 aliphatic rings. The van der Waals surface area contributed by atoms with E-state index in [-0.39, 0.29) is 0 Å². The molecular formula is C17H17F3N2S. The molecule has 1 aliphatic heterocycles. The maximum atomic E-state index is 13.1. The predicted octanol–water partition coefficient (Wildman–Crippen LogP) is 4.92. The highest BCUT2D eigenvalue weighted by Gasteiger charge is 2.33. The molecule has 0 bridgehead atoms. The van der Waals surface area contributed by atoms with Crippen LogP contribution in [0.15, 0.2) is 52.3 Å². The first-order chi connectivity index (χ1) is 11.0. The van der Waals surface area contributed by atoms with Gasteiger partial charge in [-0.2, -0.15) is 13.2 Å². The van der Waals surface area contributed by atoms with Crippen molar-refractivity contribution in [3.05, 3.63) is 48.0 Å². The quantitative estimate of drug-likeness (QED) is 0.797. The van der Waals surface area contributed by atoms with Crippen LogP contribution in [-0.2, 0) is 6.18 Å². The minimum absolute atomic E-state index is 0.602. The van der Waals surface area contributed by atoms with Gasteiger partial charge in [-0.05, 0) is 50.3 Å². The van der Waals surface area contributed by atoms with E-state index in [4.69, 9.17) is 0 Å². The summed E-state index contributed by atoms with van der Waals surface area (Å²) in [6.45, 7) is 1.49. The number of nitrogens with zero attached hydrogens (tertiary/aromatic N) is 1. The Labute approximate surface area is 137 Å². The van der Waals surface area contributed by atoms with Crippen molar-refractivity contribution in [1.29, 1.82) is 0 Å². The van der Waals surface area contributed by atoms with Crippen molar-refractivity contribution in [2.45, 2.75) is 22.4 Å². The second-order valence-electron chi connectivity index (χ2n) is 5.36. The number of alkyl halides is 3. The van der Waals surface area contributed by atoms with Gasteiger partial charge in [0, 0.05) is 16.3 Å². The molecule has 0 unspecified atom stereocenters. The molecular weight excluding hydrogens is 321 g/mol. The molecule has 6 heteroatoms. The van der Waals surface area contributed by atoms with Gasteiger partial charge in [-0.15, -0.1) is 0 Å². The topological polar surface area (TPSA) is 15.3 Å². The molecule has 1 N–H and O–H groups in total. The summed E-state index contributed by atoms with van der Waals surface area (Å²) in [5, 5.41) is 3.08. The van der Waals surface area contributed by atoms with Crippen LogP contribution in [0.25, 0.3) is 0 Å². The van der Waals surface area contributed by atoms with Crippen LogP contribution in [0.4, 0.5) is 24.5 Å². The molecule has 0 amide bonds. The highest BCUT2D eigenvalue weighted by Crippen LogP contribution is 2.49. The Kier molecular flexibility index (Phi) is 4.55. The van der Waals surface area contributed by atoms with Gasteiger partial charge in [0.05, 0.1) is 16.9 Å². The van der Waals surface area contributed by atoms with Crippen molar-refractivity contribution in [1.82, 2.24) is 5.32 Å². The number of nitrogens with one attached hydrogen (secondary N) is 1. The molecule has 0 aromatic heterocycles. The summed E-state index contributed by atoms with van der Waals surface area (Å²) < 4.78 is 39.2. The molecule has 122 valence electrons. The molecule has 0 aliphatic carbocycles. The van der Waals surface area contributed by atoms with Crippen molar-refractivity contribution < 1.29 is 13.2 Å². The van der Waals surface area contributed by atoms with Gasteiger partial charge in [-0.1, -0.05) is 23.9 Å². The average molecular weight is 338 g/mol. The Morgan fingerprint density at radius 2 is 1.78 bits per heavy atom. The maximum Gasteiger partial charge on any atom is 0.416 e. The molecule has 2 nitrogen and oxygen atoms in total. The normalized spacial score (nSPS) is 13.7. The summed E-state index contributed by atoms with van der Waals surface area (Å²) in [5.41, 5.74) is 1.01. The third-order valence-corrected chi connectivity index (χ3v) is 4.89. The molecule has 2 aromatic carbocycles. The smallest absolute Gasteiger partial charge is 0.340 e. The van der Waals surface area contributed by atoms with Gasteiger partial charge in [-0.25, -0.2) is 0 Å². The number of anilines is 2. The monoisotopic (exact) mass is 338 g/mol. The van der Waals surface area contributed by atoms with Crippen molar-refractivity contribution in [2.75, 3.05) is 25.0 Å². The van der Waals surface area contributed by atoms with E-state index in [1.54, 1.807) is 6.07 Å². The molecule has 0 atom stereocenters. The summed E-state index contributed by atoms with van der Waals surface area (Å²) in [6, 6.07) is 11.8. The van der Waals surface area contributed by atoms with Crippen LogP contribution >= 0.6 is 11.8 Å². The fourth-order valence-corrected chi connectivity index (χ4v) is 3.74. The number of benzene rings is 2. The van der Waals surface area contributed by atoms with Crippen LogP contribution < -0.4 is 10.2 Å². The lowest BCUT2D eigenvalue weighted by molar-refractivity contribution is -0.137. The van der Waals surface area contributed by atoms with E-state index in [0.717, 1.165) is 34.5 Å². The molecule has 2 aromatic rings. The SMILES string of the molecule is CNCCCN1c2ccccc2Sc2ccc(C(F)(F)F)cc21. The summed E-state index contributed by atoms with van der Waals surface area (Å²) in [5.74, 6) is 0. The van der Waals surface area contributed by atoms with Gasteiger partial charge >= 0.3 is 6.18 Å². The van der Waals surface area contributed by atoms with Crippen molar-refractivity contribution in [3.8, 4) is 0 Å². The Balaban J connectivity index is 2.03. The van der Waals surface area contributed by atoms with Crippen LogP contribution in [0.2, 0.25) is 0 Å². The number of rotatable bonds is 4. The fourth-order valence-electron chi connectivity index (χ4n) is 2.66. The molecule has 3 rings (SSSR count). The lowest BCUT2D eigenvalue weighted by Crippen LogP contribution is -2.25. The first kappa shape index (κ1) is 16.2. The van der Waals surface area contributed by atoms with Crippen molar-refractivity contribution >= 4 is 23.1 Å². The third-order valence-electron chi connectivity index (χ3n) is 3.76. The number of fused-ring (bicyclic) bond motifs is 2. The van der Waals surface area contributed by atoms with E-state index in [9.17, 15) is 13.2 Å². The number of halogens is 3. The van der Waals surface area contributed by atoms with Crippen molar-refractivity contribution in [2.24, 2.45) is 0 Å². The zero-order valence-corrected chi connectivity index (χ0v) is 13.5. The molecule has 0 radical (unpaired) electrons. The molecule has 0 saturated heterocycles. The standard InChI is InChI=1S/C17H17F3N2S/c1-21-9-4-10-22-13-5-2-3-6-15(13)23-16-8-7-12(11-14(16)22)17(18,19)20/h2-3,5-8,11,21H,4,9-10H2,1H3. The summed E-state index contributed by atoms with van der Waals surface area (Å²) >= 11 is 1.52. The van der Waals surface area contributed by atoms with Crippen LogP contribution in [0.1, 0.15) is 12.0 Å². The lowest BCUT2D eigenvalue weighted by atomic mass is 10.1. The number of para-hydroxylation sites is 1. The molecule has 0 spiro atoms. The highest BCUT2D eigenvalue weighted by atomic mass is 32.2. The Bertz CT molecular complexity index is 700. The minimum atomic E-state index is -4.33. The summed E-state index contributed by atoms with van der Waals surface area (Å²) in [4.78, 5) is 3.93. The predicted molar refractivity (Wildman–Crippen MR) is 87.6 cm³/mol. The summed E-state index contributed by atoms with van der Waals surface area (Å²) in [6.07, 6.45) is -3.47. The first-order valence-electron chi connectivity index (χ1n) is 7.41. The van der Waals surface area contributed by atoms with Crippen LogP contribution in [0.5, 0.6) is 0 Å². The van der Waals surface area contributed by atoms with Gasteiger partial charge in [0.1, 0.15) is 0 Å². The average Bonchev–Trinajstić information content (AvgIpc) is 2.53. The Morgan fingerprint density at radius 1 is 1.04 bits per heavy atom. The van der Waals surface area contributed by atoms with E-state index in [1.807, 2.05) is 36.2 Å². The lowest BCUT2D eigenvalue weighted by Gasteiger charge is -2.33. The van der Waals surface area contributed by atoms with E-state index in [0.29, 0.717) is 12.2 Å². The van der Waals surface area contributed by atoms with Gasteiger partial charge < -0.3 is 10.2 Å². The fraction of sp³-hybridized carbons (Fsp3) is 0.294. The van der Waals surface area contributed by atoms with E-state index < -0.39 is 11.7 Å². The third kappa shape index (κ3) is 3.33. The molecule has 23 heavy (non-hydrogen) atoms.